The highest BCUT2D eigenvalue weighted by Gasteiger charge is 2.24. The average Bonchev–Trinajstić information content (AvgIpc) is 1.73. The summed E-state index contributed by atoms with van der Waals surface area (Å²) in [5, 5.41) is 4.75. The smallest absolute Gasteiger partial charge is 0.164 e. The molecule has 0 aliphatic heterocycles. The van der Waals surface area contributed by atoms with Crippen molar-refractivity contribution >= 4 is 43.6 Å². The Kier molecular flexibility index (Phi) is 13.2. The minimum absolute atomic E-state index is 0.586. The zero-order valence-electron chi connectivity index (χ0n) is 51.3. The van der Waals surface area contributed by atoms with Gasteiger partial charge in [0.05, 0.1) is 22.1 Å². The molecule has 0 fully saturated rings. The standard InChI is InChI=1S/C81H69N5/c1-46-31-50(5)75(51(6)32-46)60-23-27-71-67(41-60)68-42-61(76-52(7)33-47(2)34-53(76)8)24-28-72(68)85(71)65-39-64(81-83-79(58-19-15-13-16-20-58)82-80(84-81)59-21-17-14-18-22-59)40-66(45-65)86-73-29-25-62(77-54(9)35-48(3)36-55(77)10)43-69(73)70-44-63(26-30-74(70)86)78-56(11)37-49(4)38-57(78)12/h13-45H,1-12H3. The highest BCUT2D eigenvalue weighted by Crippen LogP contribution is 2.44. The van der Waals surface area contributed by atoms with Crippen LogP contribution in [0.15, 0.2) is 200 Å². The summed E-state index contributed by atoms with van der Waals surface area (Å²) in [7, 11) is 0. The molecule has 0 atom stereocenters. The molecule has 14 aromatic rings. The molecule has 5 heteroatoms. The Morgan fingerprint density at radius 2 is 0.465 bits per heavy atom. The van der Waals surface area contributed by atoms with Crippen molar-refractivity contribution in [3.05, 3.63) is 267 Å². The van der Waals surface area contributed by atoms with Crippen molar-refractivity contribution in [3.63, 3.8) is 0 Å². The highest BCUT2D eigenvalue weighted by molar-refractivity contribution is 6.14. The van der Waals surface area contributed by atoms with E-state index in [2.05, 4.69) is 256 Å². The molecule has 0 N–H and O–H groups in total. The molecule has 0 saturated heterocycles. The van der Waals surface area contributed by atoms with Gasteiger partial charge in [0.1, 0.15) is 0 Å². The van der Waals surface area contributed by atoms with Gasteiger partial charge in [0, 0.05) is 49.6 Å². The lowest BCUT2D eigenvalue weighted by Gasteiger charge is -2.17. The molecule has 0 amide bonds. The Hall–Kier alpha value is -9.97. The first-order chi connectivity index (χ1) is 41.5. The molecule has 0 unspecified atom stereocenters. The monoisotopic (exact) mass is 1110 g/mol. The summed E-state index contributed by atoms with van der Waals surface area (Å²) in [6.45, 7) is 26.7. The molecular weight excluding hydrogens is 1040 g/mol. The fourth-order valence-electron chi connectivity index (χ4n) is 14.7. The molecule has 0 saturated carbocycles. The molecule has 5 nitrogen and oxygen atoms in total. The van der Waals surface area contributed by atoms with E-state index in [4.69, 9.17) is 15.0 Å². The van der Waals surface area contributed by atoms with Gasteiger partial charge >= 0.3 is 0 Å². The maximum absolute atomic E-state index is 5.42. The summed E-state index contributed by atoms with van der Waals surface area (Å²) >= 11 is 0. The van der Waals surface area contributed by atoms with Crippen LogP contribution in [0.1, 0.15) is 66.8 Å². The maximum Gasteiger partial charge on any atom is 0.164 e. The Bertz CT molecular complexity index is 4480. The van der Waals surface area contributed by atoms with E-state index in [-0.39, 0.29) is 0 Å². The van der Waals surface area contributed by atoms with Gasteiger partial charge in [-0.3, -0.25) is 0 Å². The van der Waals surface area contributed by atoms with Crippen LogP contribution < -0.4 is 0 Å². The van der Waals surface area contributed by atoms with Crippen molar-refractivity contribution in [3.8, 4) is 90.0 Å². The Balaban J connectivity index is 1.09. The van der Waals surface area contributed by atoms with Crippen molar-refractivity contribution in [2.45, 2.75) is 83.1 Å². The summed E-state index contributed by atoms with van der Waals surface area (Å²) in [6.07, 6.45) is 0. The van der Waals surface area contributed by atoms with E-state index in [1.165, 1.54) is 133 Å². The van der Waals surface area contributed by atoms with Crippen LogP contribution in [0.2, 0.25) is 0 Å². The Morgan fingerprint density at radius 3 is 0.721 bits per heavy atom. The molecule has 0 bridgehead atoms. The number of benzene rings is 11. The van der Waals surface area contributed by atoms with Crippen LogP contribution in [0, 0.1) is 83.1 Å². The third-order valence-corrected chi connectivity index (χ3v) is 17.8. The first kappa shape index (κ1) is 54.0. The number of nitrogens with zero attached hydrogens (tertiary/aromatic N) is 5. The van der Waals surface area contributed by atoms with Crippen LogP contribution in [-0.4, -0.2) is 24.1 Å². The average molecular weight is 1110 g/mol. The summed E-state index contributed by atoms with van der Waals surface area (Å²) in [6, 6.07) is 74.4. The predicted molar refractivity (Wildman–Crippen MR) is 363 cm³/mol. The van der Waals surface area contributed by atoms with E-state index in [9.17, 15) is 0 Å². The Morgan fingerprint density at radius 1 is 0.221 bits per heavy atom. The fourth-order valence-corrected chi connectivity index (χ4v) is 14.7. The molecule has 3 heterocycles. The van der Waals surface area contributed by atoms with Gasteiger partial charge in [-0.2, -0.15) is 0 Å². The van der Waals surface area contributed by atoms with E-state index < -0.39 is 0 Å². The van der Waals surface area contributed by atoms with Gasteiger partial charge < -0.3 is 9.13 Å². The van der Waals surface area contributed by atoms with E-state index in [1.54, 1.807) is 0 Å². The lowest BCUT2D eigenvalue weighted by molar-refractivity contribution is 1.07. The van der Waals surface area contributed by atoms with Gasteiger partial charge in [-0.05, 0) is 239 Å². The number of aryl methyl sites for hydroxylation is 12. The number of aromatic nitrogens is 5. The van der Waals surface area contributed by atoms with E-state index in [0.717, 1.165) is 50.1 Å². The molecule has 0 aliphatic carbocycles. The second-order valence-corrected chi connectivity index (χ2v) is 24.5. The van der Waals surface area contributed by atoms with Crippen molar-refractivity contribution in [2.75, 3.05) is 0 Å². The molecule has 3 aromatic heterocycles. The van der Waals surface area contributed by atoms with Crippen LogP contribution in [0.4, 0.5) is 0 Å². The number of hydrogen-bond acceptors (Lipinski definition) is 3. The third kappa shape index (κ3) is 9.30. The fraction of sp³-hybridized carbons (Fsp3) is 0.148. The summed E-state index contributed by atoms with van der Waals surface area (Å²) in [5.74, 6) is 1.81. The number of rotatable bonds is 9. The van der Waals surface area contributed by atoms with Gasteiger partial charge in [0.2, 0.25) is 0 Å². The zero-order chi connectivity index (χ0) is 59.4. The highest BCUT2D eigenvalue weighted by atomic mass is 15.0. The van der Waals surface area contributed by atoms with Crippen molar-refractivity contribution in [1.29, 1.82) is 0 Å². The van der Waals surface area contributed by atoms with Crippen LogP contribution in [0.5, 0.6) is 0 Å². The van der Waals surface area contributed by atoms with Gasteiger partial charge in [0.25, 0.3) is 0 Å². The second kappa shape index (κ2) is 21.0. The predicted octanol–water partition coefficient (Wildman–Crippen LogP) is 21.4. The molecule has 0 aliphatic rings. The SMILES string of the molecule is Cc1cc(C)c(-c2ccc3c(c2)c2cc(-c4c(C)cc(C)cc4C)ccc2n3-c2cc(-c3nc(-c4ccccc4)nc(-c4ccccc4)n3)cc(-n3c4ccc(-c5c(C)cc(C)cc5C)cc4c4cc(-c5c(C)cc(C)cc5C)ccc43)c2)c(C)c1. The summed E-state index contributed by atoms with van der Waals surface area (Å²) < 4.78 is 4.95. The maximum atomic E-state index is 5.42. The van der Waals surface area contributed by atoms with Gasteiger partial charge in [-0.15, -0.1) is 0 Å². The number of fused-ring (bicyclic) bond motifs is 6. The molecule has 86 heavy (non-hydrogen) atoms. The minimum Gasteiger partial charge on any atom is -0.309 e. The molecule has 14 rings (SSSR count). The largest absolute Gasteiger partial charge is 0.309 e. The van der Waals surface area contributed by atoms with E-state index >= 15 is 0 Å². The van der Waals surface area contributed by atoms with Gasteiger partial charge in [-0.25, -0.2) is 15.0 Å². The normalized spacial score (nSPS) is 11.7. The number of hydrogen-bond donors (Lipinski definition) is 0. The topological polar surface area (TPSA) is 48.5 Å². The van der Waals surface area contributed by atoms with Crippen LogP contribution in [0.25, 0.3) is 134 Å². The van der Waals surface area contributed by atoms with Crippen LogP contribution in [0.3, 0.4) is 0 Å². The van der Waals surface area contributed by atoms with Crippen molar-refractivity contribution in [1.82, 2.24) is 24.1 Å². The quantitative estimate of drug-likeness (QED) is 0.145. The third-order valence-electron chi connectivity index (χ3n) is 17.8. The van der Waals surface area contributed by atoms with Gasteiger partial charge in [0.15, 0.2) is 17.5 Å². The first-order valence-electron chi connectivity index (χ1n) is 30.1. The molecule has 0 spiro atoms. The summed E-state index contributed by atoms with van der Waals surface area (Å²) in [5.41, 5.74) is 34.3. The van der Waals surface area contributed by atoms with E-state index in [0.29, 0.717) is 17.5 Å². The minimum atomic E-state index is 0.586. The van der Waals surface area contributed by atoms with Crippen molar-refractivity contribution in [2.24, 2.45) is 0 Å². The molecule has 11 aromatic carbocycles. The van der Waals surface area contributed by atoms with Crippen LogP contribution in [-0.2, 0) is 0 Å². The summed E-state index contributed by atoms with van der Waals surface area (Å²) in [4.78, 5) is 16.0. The lowest BCUT2D eigenvalue weighted by atomic mass is 9.91. The molecule has 418 valence electrons. The van der Waals surface area contributed by atoms with Crippen LogP contribution >= 0.6 is 0 Å². The molecular formula is C81H69N5. The van der Waals surface area contributed by atoms with Gasteiger partial charge in [-0.1, -0.05) is 156 Å². The Labute approximate surface area is 505 Å². The zero-order valence-corrected chi connectivity index (χ0v) is 51.3. The molecule has 0 radical (unpaired) electrons. The second-order valence-electron chi connectivity index (χ2n) is 24.5. The van der Waals surface area contributed by atoms with E-state index in [1.807, 2.05) is 36.4 Å². The first-order valence-corrected chi connectivity index (χ1v) is 30.1. The van der Waals surface area contributed by atoms with Crippen molar-refractivity contribution < 1.29 is 0 Å². The lowest BCUT2D eigenvalue weighted by Crippen LogP contribution is -2.03.